The van der Waals surface area contributed by atoms with Gasteiger partial charge in [0.1, 0.15) is 12.4 Å². The monoisotopic (exact) mass is 341 g/mol. The van der Waals surface area contributed by atoms with Crippen molar-refractivity contribution in [2.24, 2.45) is 0 Å². The number of aromatic nitrogens is 2. The number of amides is 1. The number of hydrogen-bond acceptors (Lipinski definition) is 3. The predicted octanol–water partition coefficient (Wildman–Crippen LogP) is 2.30. The summed E-state index contributed by atoms with van der Waals surface area (Å²) in [6.45, 7) is -0.0808. The fourth-order valence-corrected chi connectivity index (χ4v) is 1.90. The van der Waals surface area contributed by atoms with Crippen LogP contribution in [0.25, 0.3) is 0 Å². The van der Waals surface area contributed by atoms with E-state index >= 15 is 0 Å². The molecule has 0 saturated heterocycles. The van der Waals surface area contributed by atoms with Crippen molar-refractivity contribution in [2.45, 2.75) is 6.54 Å². The Morgan fingerprint density at radius 3 is 2.84 bits per heavy atom. The molecular weight excluding hydrogens is 334 g/mol. The zero-order valence-corrected chi connectivity index (χ0v) is 12.0. The van der Waals surface area contributed by atoms with Gasteiger partial charge in [0.25, 0.3) is 5.56 Å². The lowest BCUT2D eigenvalue weighted by atomic mass is 10.4. The van der Waals surface area contributed by atoms with Crippen molar-refractivity contribution in [2.75, 3.05) is 5.32 Å². The molecule has 19 heavy (non-hydrogen) atoms. The zero-order chi connectivity index (χ0) is 13.8. The Morgan fingerprint density at radius 2 is 2.16 bits per heavy atom. The van der Waals surface area contributed by atoms with Gasteiger partial charge in [-0.15, -0.1) is 0 Å². The van der Waals surface area contributed by atoms with Crippen LogP contribution in [0.5, 0.6) is 0 Å². The van der Waals surface area contributed by atoms with Gasteiger partial charge in [-0.25, -0.2) is 4.98 Å². The Hall–Kier alpha value is -1.66. The molecule has 7 heteroatoms. The first kappa shape index (κ1) is 13.8. The van der Waals surface area contributed by atoms with Gasteiger partial charge < -0.3 is 9.88 Å². The largest absolute Gasteiger partial charge is 0.309 e. The minimum atomic E-state index is -0.338. The lowest BCUT2D eigenvalue weighted by Crippen LogP contribution is -2.26. The first-order valence-electron chi connectivity index (χ1n) is 5.32. The average Bonchev–Trinajstić information content (AvgIpc) is 2.37. The number of carbonyl (C=O) groups is 1. The van der Waals surface area contributed by atoms with E-state index in [2.05, 4.69) is 26.2 Å². The maximum Gasteiger partial charge on any atom is 0.251 e. The van der Waals surface area contributed by atoms with Crippen LogP contribution in [-0.2, 0) is 11.3 Å². The number of rotatable bonds is 3. The normalized spacial score (nSPS) is 10.2. The molecule has 0 aliphatic heterocycles. The summed E-state index contributed by atoms with van der Waals surface area (Å²) in [5.41, 5.74) is -0.248. The second-order valence-electron chi connectivity index (χ2n) is 3.72. The van der Waals surface area contributed by atoms with E-state index in [-0.39, 0.29) is 18.0 Å². The van der Waals surface area contributed by atoms with Crippen molar-refractivity contribution in [3.05, 3.63) is 56.5 Å². The van der Waals surface area contributed by atoms with Gasteiger partial charge in [0.2, 0.25) is 5.91 Å². The highest BCUT2D eigenvalue weighted by molar-refractivity contribution is 9.10. The van der Waals surface area contributed by atoms with E-state index in [1.165, 1.54) is 16.8 Å². The van der Waals surface area contributed by atoms with Gasteiger partial charge in [-0.2, -0.15) is 0 Å². The minimum Gasteiger partial charge on any atom is -0.309 e. The number of carbonyl (C=O) groups excluding carboxylic acids is 1. The Kier molecular flexibility index (Phi) is 4.34. The topological polar surface area (TPSA) is 64.0 Å². The highest BCUT2D eigenvalue weighted by Crippen LogP contribution is 2.09. The molecule has 0 unspecified atom stereocenters. The van der Waals surface area contributed by atoms with E-state index in [9.17, 15) is 9.59 Å². The summed E-state index contributed by atoms with van der Waals surface area (Å²) >= 11 is 8.93. The molecule has 0 fully saturated rings. The second-order valence-corrected chi connectivity index (χ2v) is 5.08. The molecule has 0 radical (unpaired) electrons. The molecule has 0 aliphatic carbocycles. The van der Waals surface area contributed by atoms with Crippen molar-refractivity contribution >= 4 is 39.3 Å². The van der Waals surface area contributed by atoms with Gasteiger partial charge in [-0.3, -0.25) is 9.59 Å². The summed E-state index contributed by atoms with van der Waals surface area (Å²) in [4.78, 5) is 27.2. The van der Waals surface area contributed by atoms with E-state index < -0.39 is 0 Å². The third-order valence-corrected chi connectivity index (χ3v) is 2.95. The maximum absolute atomic E-state index is 11.8. The smallest absolute Gasteiger partial charge is 0.251 e. The van der Waals surface area contributed by atoms with E-state index in [4.69, 9.17) is 11.6 Å². The standard InChI is InChI=1S/C12H9BrClN3O2/c13-8-1-4-12(19)17(6-8)7-11(18)16-10-3-2-9(14)5-15-10/h1-6H,7H2,(H,15,16,18). The molecule has 0 aromatic carbocycles. The van der Waals surface area contributed by atoms with Crippen LogP contribution in [0, 0.1) is 0 Å². The van der Waals surface area contributed by atoms with Gasteiger partial charge in [0, 0.05) is 22.9 Å². The second kappa shape index (κ2) is 5.99. The van der Waals surface area contributed by atoms with Crippen molar-refractivity contribution in [3.63, 3.8) is 0 Å². The summed E-state index contributed by atoms with van der Waals surface area (Å²) in [5, 5.41) is 3.07. The molecule has 2 aromatic rings. The molecule has 0 atom stereocenters. The molecule has 5 nitrogen and oxygen atoms in total. The molecular formula is C12H9BrClN3O2. The van der Waals surface area contributed by atoms with Crippen LogP contribution in [0.4, 0.5) is 5.82 Å². The van der Waals surface area contributed by atoms with Crippen molar-refractivity contribution in [3.8, 4) is 0 Å². The molecule has 0 bridgehead atoms. The summed E-state index contributed by atoms with van der Waals surface area (Å²) in [5.74, 6) is 0.0486. The minimum absolute atomic E-state index is 0.0808. The van der Waals surface area contributed by atoms with Crippen LogP contribution in [0.2, 0.25) is 5.02 Å². The van der Waals surface area contributed by atoms with Gasteiger partial charge in [0.05, 0.1) is 5.02 Å². The fourth-order valence-electron chi connectivity index (χ4n) is 1.41. The van der Waals surface area contributed by atoms with Gasteiger partial charge in [-0.05, 0) is 34.1 Å². The number of pyridine rings is 2. The van der Waals surface area contributed by atoms with Crippen LogP contribution in [0.15, 0.2) is 45.9 Å². The van der Waals surface area contributed by atoms with Crippen LogP contribution < -0.4 is 10.9 Å². The first-order valence-corrected chi connectivity index (χ1v) is 6.49. The lowest BCUT2D eigenvalue weighted by molar-refractivity contribution is -0.116. The Bertz CT molecular complexity index is 655. The average molecular weight is 343 g/mol. The summed E-state index contributed by atoms with van der Waals surface area (Å²) < 4.78 is 2.03. The number of anilines is 1. The highest BCUT2D eigenvalue weighted by atomic mass is 79.9. The zero-order valence-electron chi connectivity index (χ0n) is 9.64. The van der Waals surface area contributed by atoms with Crippen LogP contribution in [-0.4, -0.2) is 15.5 Å². The van der Waals surface area contributed by atoms with Gasteiger partial charge in [0.15, 0.2) is 0 Å². The van der Waals surface area contributed by atoms with Gasteiger partial charge >= 0.3 is 0 Å². The SMILES string of the molecule is O=C(Cn1cc(Br)ccc1=O)Nc1ccc(Cl)cn1. The summed E-state index contributed by atoms with van der Waals surface area (Å²) in [6, 6.07) is 6.22. The molecule has 0 aliphatic rings. The third-order valence-electron chi connectivity index (χ3n) is 2.26. The maximum atomic E-state index is 11.8. The molecule has 1 amide bonds. The van der Waals surface area contributed by atoms with Crippen LogP contribution in [0.3, 0.4) is 0 Å². The number of halogens is 2. The molecule has 0 saturated carbocycles. The number of hydrogen-bond donors (Lipinski definition) is 1. The lowest BCUT2D eigenvalue weighted by Gasteiger charge is -2.07. The third kappa shape index (κ3) is 3.90. The molecule has 2 heterocycles. The van der Waals surface area contributed by atoms with E-state index in [1.807, 2.05) is 0 Å². The molecule has 0 spiro atoms. The Morgan fingerprint density at radius 1 is 1.37 bits per heavy atom. The Labute approximate surface area is 122 Å². The molecule has 2 aromatic heterocycles. The predicted molar refractivity (Wildman–Crippen MR) is 76.3 cm³/mol. The van der Waals surface area contributed by atoms with Crippen LogP contribution in [0.1, 0.15) is 0 Å². The summed E-state index contributed by atoms with van der Waals surface area (Å²) in [7, 11) is 0. The summed E-state index contributed by atoms with van der Waals surface area (Å²) in [6.07, 6.45) is 2.99. The highest BCUT2D eigenvalue weighted by Gasteiger charge is 2.06. The van der Waals surface area contributed by atoms with Gasteiger partial charge in [-0.1, -0.05) is 11.6 Å². The van der Waals surface area contributed by atoms with E-state index in [0.717, 1.165) is 4.47 Å². The van der Waals surface area contributed by atoms with Crippen LogP contribution >= 0.6 is 27.5 Å². The molecule has 2 rings (SSSR count). The number of nitrogens with one attached hydrogen (secondary N) is 1. The Balaban J connectivity index is 2.07. The van der Waals surface area contributed by atoms with Crippen molar-refractivity contribution in [1.82, 2.24) is 9.55 Å². The van der Waals surface area contributed by atoms with E-state index in [0.29, 0.717) is 10.8 Å². The molecule has 1 N–H and O–H groups in total. The molecule has 98 valence electrons. The van der Waals surface area contributed by atoms with E-state index in [1.54, 1.807) is 24.4 Å². The quantitative estimate of drug-likeness (QED) is 0.931. The fraction of sp³-hybridized carbons (Fsp3) is 0.0833. The number of nitrogens with zero attached hydrogens (tertiary/aromatic N) is 2. The van der Waals surface area contributed by atoms with Crippen molar-refractivity contribution in [1.29, 1.82) is 0 Å². The van der Waals surface area contributed by atoms with Crippen molar-refractivity contribution < 1.29 is 4.79 Å². The first-order chi connectivity index (χ1) is 9.04.